The molecule has 32 heavy (non-hydrogen) atoms. The van der Waals surface area contributed by atoms with E-state index < -0.39 is 29.6 Å². The van der Waals surface area contributed by atoms with Crippen LogP contribution in [0.2, 0.25) is 0 Å². The predicted octanol–water partition coefficient (Wildman–Crippen LogP) is 3.16. The Morgan fingerprint density at radius 1 is 1.19 bits per heavy atom. The van der Waals surface area contributed by atoms with Crippen LogP contribution < -0.4 is 9.47 Å². The van der Waals surface area contributed by atoms with E-state index in [1.54, 1.807) is 25.1 Å². The average Bonchev–Trinajstić information content (AvgIpc) is 3.34. The molecule has 168 valence electrons. The van der Waals surface area contributed by atoms with E-state index in [0.717, 1.165) is 16.7 Å². The number of hydrogen-bond donors (Lipinski definition) is 1. The van der Waals surface area contributed by atoms with E-state index in [1.807, 2.05) is 0 Å². The molecular weight excluding hydrogens is 442 g/mol. The number of carboxylic acid groups (broad SMARTS) is 1. The van der Waals surface area contributed by atoms with Gasteiger partial charge in [0.2, 0.25) is 5.76 Å². The van der Waals surface area contributed by atoms with Crippen LogP contribution in [0.15, 0.2) is 39.7 Å². The van der Waals surface area contributed by atoms with Gasteiger partial charge >= 0.3 is 11.9 Å². The van der Waals surface area contributed by atoms with E-state index >= 15 is 0 Å². The molecule has 1 fully saturated rings. The summed E-state index contributed by atoms with van der Waals surface area (Å²) in [6.07, 6.45) is 1.51. The zero-order valence-corrected chi connectivity index (χ0v) is 18.0. The second-order valence-electron chi connectivity index (χ2n) is 6.34. The van der Waals surface area contributed by atoms with Crippen molar-refractivity contribution in [3.8, 4) is 11.5 Å². The maximum atomic E-state index is 12.5. The Morgan fingerprint density at radius 2 is 1.97 bits per heavy atom. The van der Waals surface area contributed by atoms with Gasteiger partial charge in [0.1, 0.15) is 18.9 Å². The summed E-state index contributed by atoms with van der Waals surface area (Å²) >= 11 is 0.725. The minimum atomic E-state index is -1.18. The van der Waals surface area contributed by atoms with Crippen molar-refractivity contribution < 1.29 is 42.9 Å². The van der Waals surface area contributed by atoms with Crippen LogP contribution in [0, 0.1) is 0 Å². The molecule has 2 amide bonds. The zero-order valence-electron chi connectivity index (χ0n) is 17.2. The lowest BCUT2D eigenvalue weighted by Crippen LogP contribution is -2.34. The first-order valence-corrected chi connectivity index (χ1v) is 10.2. The number of thioether (sulfide) groups is 1. The molecule has 1 aliphatic rings. The van der Waals surface area contributed by atoms with Crippen molar-refractivity contribution in [2.45, 2.75) is 13.5 Å². The van der Waals surface area contributed by atoms with Crippen LogP contribution in [0.1, 0.15) is 28.8 Å². The molecule has 10 nitrogen and oxygen atoms in total. The minimum Gasteiger partial charge on any atom is -0.493 e. The number of carbonyl (C=O) groups is 4. The van der Waals surface area contributed by atoms with Gasteiger partial charge in [-0.05, 0) is 54.6 Å². The normalized spacial score (nSPS) is 14.7. The smallest absolute Gasteiger partial charge is 0.371 e. The minimum absolute atomic E-state index is 0.0181. The monoisotopic (exact) mass is 461 g/mol. The second-order valence-corrected chi connectivity index (χ2v) is 7.34. The van der Waals surface area contributed by atoms with Crippen LogP contribution in [0.3, 0.4) is 0 Å². The molecule has 2 heterocycles. The number of nitrogens with zero attached hydrogens (tertiary/aromatic N) is 1. The summed E-state index contributed by atoms with van der Waals surface area (Å²) < 4.78 is 20.9. The third kappa shape index (κ3) is 5.30. The molecule has 1 aliphatic heterocycles. The molecule has 0 spiro atoms. The number of methoxy groups -OCH3 is 1. The Hall–Kier alpha value is -3.73. The number of carboxylic acids is 1. The van der Waals surface area contributed by atoms with Crippen molar-refractivity contribution in [2.24, 2.45) is 0 Å². The van der Waals surface area contributed by atoms with Crippen LogP contribution in [0.25, 0.3) is 6.08 Å². The molecule has 11 heteroatoms. The van der Waals surface area contributed by atoms with Gasteiger partial charge in [-0.1, -0.05) is 6.07 Å². The van der Waals surface area contributed by atoms with E-state index in [1.165, 1.54) is 25.3 Å². The molecule has 2 aromatic rings. The van der Waals surface area contributed by atoms with Gasteiger partial charge in [-0.25, -0.2) is 4.79 Å². The number of aromatic carboxylic acids is 1. The molecule has 1 N–H and O–H groups in total. The van der Waals surface area contributed by atoms with Crippen molar-refractivity contribution in [1.82, 2.24) is 4.90 Å². The van der Waals surface area contributed by atoms with Crippen molar-refractivity contribution >= 4 is 40.9 Å². The number of imide groups is 1. The molecule has 0 atom stereocenters. The van der Waals surface area contributed by atoms with Crippen molar-refractivity contribution in [2.75, 3.05) is 20.3 Å². The number of carbonyl (C=O) groups excluding carboxylic acids is 3. The van der Waals surface area contributed by atoms with Gasteiger partial charge in [-0.2, -0.15) is 0 Å². The number of esters is 1. The highest BCUT2D eigenvalue weighted by Crippen LogP contribution is 2.34. The van der Waals surface area contributed by atoms with E-state index in [4.69, 9.17) is 23.7 Å². The van der Waals surface area contributed by atoms with Crippen molar-refractivity contribution in [3.05, 3.63) is 52.3 Å². The summed E-state index contributed by atoms with van der Waals surface area (Å²) in [5.74, 6) is -1.56. The van der Waals surface area contributed by atoms with Crippen LogP contribution in [-0.4, -0.2) is 53.4 Å². The van der Waals surface area contributed by atoms with E-state index in [2.05, 4.69) is 0 Å². The molecule has 1 saturated heterocycles. The summed E-state index contributed by atoms with van der Waals surface area (Å²) in [6.45, 7) is 1.33. The first-order chi connectivity index (χ1) is 15.3. The van der Waals surface area contributed by atoms with Gasteiger partial charge < -0.3 is 23.7 Å². The standard InChI is InChI=1S/C21H19NO9S/c1-3-29-18(23)10-22-19(24)17(32-21(22)27)9-12-4-6-14(16(8-12)28-2)30-11-13-5-7-15(31-13)20(25)26/h4-9H,3,10-11H2,1-2H3,(H,25,26)/b17-9+. The number of rotatable bonds is 9. The van der Waals surface area contributed by atoms with Gasteiger partial charge in [-0.3, -0.25) is 19.3 Å². The third-order valence-corrected chi connectivity index (χ3v) is 5.10. The van der Waals surface area contributed by atoms with Gasteiger partial charge in [0.05, 0.1) is 18.6 Å². The fourth-order valence-electron chi connectivity index (χ4n) is 2.74. The van der Waals surface area contributed by atoms with Gasteiger partial charge in [0.15, 0.2) is 11.5 Å². The van der Waals surface area contributed by atoms with E-state index in [0.29, 0.717) is 22.8 Å². The molecule has 1 aromatic heterocycles. The first-order valence-electron chi connectivity index (χ1n) is 9.36. The Kier molecular flexibility index (Phi) is 7.21. The second kappa shape index (κ2) is 10.1. The molecule has 0 aliphatic carbocycles. The zero-order chi connectivity index (χ0) is 23.3. The van der Waals surface area contributed by atoms with Crippen molar-refractivity contribution in [3.63, 3.8) is 0 Å². The summed E-state index contributed by atoms with van der Waals surface area (Å²) in [7, 11) is 1.44. The van der Waals surface area contributed by atoms with Crippen LogP contribution in [0.5, 0.6) is 11.5 Å². The van der Waals surface area contributed by atoms with Crippen LogP contribution in [0.4, 0.5) is 4.79 Å². The number of amides is 2. The van der Waals surface area contributed by atoms with Crippen LogP contribution in [-0.2, 0) is 20.9 Å². The van der Waals surface area contributed by atoms with Gasteiger partial charge in [-0.15, -0.1) is 0 Å². The topological polar surface area (TPSA) is 133 Å². The van der Waals surface area contributed by atoms with Crippen LogP contribution >= 0.6 is 11.8 Å². The predicted molar refractivity (Wildman–Crippen MR) is 112 cm³/mol. The molecule has 0 bridgehead atoms. The molecule has 0 radical (unpaired) electrons. The van der Waals surface area contributed by atoms with E-state index in [-0.39, 0.29) is 23.9 Å². The highest BCUT2D eigenvalue weighted by Gasteiger charge is 2.36. The first kappa shape index (κ1) is 22.9. The summed E-state index contributed by atoms with van der Waals surface area (Å²) in [5.41, 5.74) is 0.571. The Labute approximate surface area is 186 Å². The lowest BCUT2D eigenvalue weighted by molar-refractivity contribution is -0.145. The molecule has 0 unspecified atom stereocenters. The largest absolute Gasteiger partial charge is 0.493 e. The highest BCUT2D eigenvalue weighted by molar-refractivity contribution is 8.18. The lowest BCUT2D eigenvalue weighted by atomic mass is 10.2. The Morgan fingerprint density at radius 3 is 2.62 bits per heavy atom. The number of benzene rings is 1. The average molecular weight is 461 g/mol. The Bertz CT molecular complexity index is 1090. The highest BCUT2D eigenvalue weighted by atomic mass is 32.2. The molecule has 1 aromatic carbocycles. The molecule has 0 saturated carbocycles. The maximum absolute atomic E-state index is 12.5. The fourth-order valence-corrected chi connectivity index (χ4v) is 3.57. The third-order valence-electron chi connectivity index (χ3n) is 4.19. The number of furan rings is 1. The SMILES string of the molecule is CCOC(=O)CN1C(=O)S/C(=C/c2ccc(OCc3ccc(C(=O)O)o3)c(OC)c2)C1=O. The quantitative estimate of drug-likeness (QED) is 0.438. The fraction of sp³-hybridized carbons (Fsp3) is 0.238. The lowest BCUT2D eigenvalue weighted by Gasteiger charge is -2.11. The van der Waals surface area contributed by atoms with Gasteiger partial charge in [0.25, 0.3) is 11.1 Å². The number of ether oxygens (including phenoxy) is 3. The Balaban J connectivity index is 1.71. The molecular formula is C21H19NO9S. The number of hydrogen-bond acceptors (Lipinski definition) is 9. The summed E-state index contributed by atoms with van der Waals surface area (Å²) in [6, 6.07) is 7.70. The van der Waals surface area contributed by atoms with E-state index in [9.17, 15) is 19.2 Å². The summed E-state index contributed by atoms with van der Waals surface area (Å²) in [4.78, 5) is 48.1. The summed E-state index contributed by atoms with van der Waals surface area (Å²) in [5, 5.41) is 8.34. The maximum Gasteiger partial charge on any atom is 0.371 e. The van der Waals surface area contributed by atoms with Gasteiger partial charge in [0, 0.05) is 0 Å². The van der Waals surface area contributed by atoms with Crippen molar-refractivity contribution in [1.29, 1.82) is 0 Å². The molecule has 3 rings (SSSR count).